The van der Waals surface area contributed by atoms with Gasteiger partial charge in [-0.1, -0.05) is 24.3 Å². The third-order valence-electron chi connectivity index (χ3n) is 7.78. The van der Waals surface area contributed by atoms with Crippen LogP contribution in [-0.2, 0) is 18.3 Å². The lowest BCUT2D eigenvalue weighted by molar-refractivity contribution is -0.134. The highest BCUT2D eigenvalue weighted by Crippen LogP contribution is 2.67. The van der Waals surface area contributed by atoms with Gasteiger partial charge in [-0.3, -0.25) is 0 Å². The van der Waals surface area contributed by atoms with Crippen LogP contribution in [0.4, 0.5) is 0 Å². The summed E-state index contributed by atoms with van der Waals surface area (Å²) in [5, 5.41) is 17.0. The van der Waals surface area contributed by atoms with Crippen molar-refractivity contribution < 1.29 is 14.6 Å². The third kappa shape index (κ3) is 1.70. The molecule has 1 spiro atoms. The maximum Gasteiger partial charge on any atom is 0.166 e. The molecule has 0 saturated carbocycles. The van der Waals surface area contributed by atoms with Gasteiger partial charge < -0.3 is 19.9 Å². The number of pyridine rings is 1. The summed E-state index contributed by atoms with van der Waals surface area (Å²) in [6.07, 6.45) is 1.92. The summed E-state index contributed by atoms with van der Waals surface area (Å²) in [7, 11) is 1.68. The summed E-state index contributed by atoms with van der Waals surface area (Å²) < 4.78 is 12.3. The molecule has 1 saturated heterocycles. The molecule has 5 heteroatoms. The highest BCUT2D eigenvalue weighted by Gasteiger charge is 2.71. The van der Waals surface area contributed by atoms with Crippen LogP contribution in [-0.4, -0.2) is 35.4 Å². The number of para-hydroxylation sites is 1. The van der Waals surface area contributed by atoms with E-state index in [4.69, 9.17) is 14.5 Å². The summed E-state index contributed by atoms with van der Waals surface area (Å²) in [6, 6.07) is 14.5. The van der Waals surface area contributed by atoms with Gasteiger partial charge in [-0.2, -0.15) is 0 Å². The zero-order valence-electron chi connectivity index (χ0n) is 16.2. The van der Waals surface area contributed by atoms with Gasteiger partial charge >= 0.3 is 0 Å². The van der Waals surface area contributed by atoms with Crippen LogP contribution in [0.2, 0.25) is 0 Å². The van der Waals surface area contributed by atoms with Crippen LogP contribution >= 0.6 is 0 Å². The van der Waals surface area contributed by atoms with E-state index >= 15 is 0 Å². The molecule has 4 atom stereocenters. The molecule has 2 N–H and O–H groups in total. The number of rotatable bonds is 1. The van der Waals surface area contributed by atoms with E-state index in [1.54, 1.807) is 7.11 Å². The Morgan fingerprint density at radius 3 is 3.00 bits per heavy atom. The van der Waals surface area contributed by atoms with Gasteiger partial charge in [-0.15, -0.1) is 0 Å². The fourth-order valence-corrected chi connectivity index (χ4v) is 6.59. The smallest absolute Gasteiger partial charge is 0.166 e. The predicted molar refractivity (Wildman–Crippen MR) is 109 cm³/mol. The highest BCUT2D eigenvalue weighted by molar-refractivity contribution is 5.80. The largest absolute Gasteiger partial charge is 0.493 e. The van der Waals surface area contributed by atoms with E-state index in [0.717, 1.165) is 58.6 Å². The molecule has 2 aliphatic heterocycles. The van der Waals surface area contributed by atoms with Crippen molar-refractivity contribution in [1.82, 2.24) is 10.3 Å². The Morgan fingerprint density at radius 1 is 1.21 bits per heavy atom. The van der Waals surface area contributed by atoms with Crippen molar-refractivity contribution in [3.8, 4) is 11.5 Å². The van der Waals surface area contributed by atoms with E-state index < -0.39 is 11.0 Å². The Morgan fingerprint density at radius 2 is 2.10 bits per heavy atom. The highest BCUT2D eigenvalue weighted by atomic mass is 16.5. The van der Waals surface area contributed by atoms with Crippen molar-refractivity contribution in [3.05, 3.63) is 64.8 Å². The molecule has 3 aromatic rings. The average molecular weight is 386 g/mol. The van der Waals surface area contributed by atoms with Gasteiger partial charge in [0, 0.05) is 23.4 Å². The van der Waals surface area contributed by atoms with Crippen molar-refractivity contribution in [2.75, 3.05) is 13.7 Å². The number of ether oxygens (including phenoxy) is 2. The molecule has 7 rings (SSSR count). The lowest BCUT2D eigenvalue weighted by Gasteiger charge is -2.60. The molecule has 1 fully saturated rings. The quantitative estimate of drug-likeness (QED) is 0.673. The number of aliphatic hydroxyl groups is 1. The zero-order chi connectivity index (χ0) is 19.4. The van der Waals surface area contributed by atoms with Gasteiger partial charge in [0.1, 0.15) is 0 Å². The van der Waals surface area contributed by atoms with Crippen LogP contribution in [0.25, 0.3) is 10.9 Å². The number of fused-ring (bicyclic) bond motifs is 3. The molecule has 3 heterocycles. The number of nitrogens with zero attached hydrogens (tertiary/aromatic N) is 1. The number of aromatic nitrogens is 1. The number of methoxy groups -OCH3 is 1. The fourth-order valence-electron chi connectivity index (χ4n) is 6.59. The van der Waals surface area contributed by atoms with Gasteiger partial charge in [-0.05, 0) is 48.7 Å². The van der Waals surface area contributed by atoms with Crippen molar-refractivity contribution in [2.24, 2.45) is 0 Å². The maximum atomic E-state index is 12.3. The van der Waals surface area contributed by atoms with Gasteiger partial charge in [0.15, 0.2) is 17.6 Å². The molecule has 0 amide bonds. The van der Waals surface area contributed by atoms with E-state index in [1.807, 2.05) is 24.3 Å². The van der Waals surface area contributed by atoms with Crippen molar-refractivity contribution in [3.63, 3.8) is 0 Å². The minimum absolute atomic E-state index is 0.00816. The molecular weight excluding hydrogens is 364 g/mol. The summed E-state index contributed by atoms with van der Waals surface area (Å²) in [4.78, 5) is 5.06. The minimum atomic E-state index is -0.905. The Hall–Kier alpha value is -2.63. The summed E-state index contributed by atoms with van der Waals surface area (Å²) >= 11 is 0. The van der Waals surface area contributed by atoms with Crippen LogP contribution in [0.15, 0.2) is 42.5 Å². The standard InChI is InChI=1S/C24H22N2O3/c1-28-17-7-6-14-11-18-24(27)12-15-10-13-4-2-3-5-16(13)26-20(15)22-23(24,8-9-25-18)19(14)21(17)29-22/h2-7,10,18,22,25,27H,8-9,11-12H2,1H3/t18-,22?,23+,24?/m1/s1. The second-order valence-corrected chi connectivity index (χ2v) is 8.89. The van der Waals surface area contributed by atoms with E-state index in [1.165, 1.54) is 5.56 Å². The fraction of sp³-hybridized carbons (Fsp3) is 0.375. The lowest BCUT2D eigenvalue weighted by Crippen LogP contribution is -2.73. The molecule has 4 aliphatic rings. The average Bonchev–Trinajstić information content (AvgIpc) is 3.07. The maximum absolute atomic E-state index is 12.3. The second kappa shape index (κ2) is 5.10. The first-order valence-corrected chi connectivity index (χ1v) is 10.4. The topological polar surface area (TPSA) is 63.6 Å². The Balaban J connectivity index is 1.58. The first kappa shape index (κ1) is 16.2. The predicted octanol–water partition coefficient (Wildman–Crippen LogP) is 2.82. The van der Waals surface area contributed by atoms with Crippen molar-refractivity contribution in [2.45, 2.75) is 42.4 Å². The Labute approximate surface area is 168 Å². The minimum Gasteiger partial charge on any atom is -0.493 e. The lowest BCUT2D eigenvalue weighted by atomic mass is 9.49. The summed E-state index contributed by atoms with van der Waals surface area (Å²) in [6.45, 7) is 0.867. The Kier molecular flexibility index (Phi) is 2.85. The summed E-state index contributed by atoms with van der Waals surface area (Å²) in [5.41, 5.74) is 4.06. The van der Waals surface area contributed by atoms with E-state index in [9.17, 15) is 5.11 Å². The van der Waals surface area contributed by atoms with Gasteiger partial charge in [0.25, 0.3) is 0 Å². The number of piperidine rings is 1. The van der Waals surface area contributed by atoms with Crippen LogP contribution in [0.3, 0.4) is 0 Å². The van der Waals surface area contributed by atoms with E-state index in [-0.39, 0.29) is 12.1 Å². The summed E-state index contributed by atoms with van der Waals surface area (Å²) in [5.74, 6) is 1.55. The molecule has 146 valence electrons. The van der Waals surface area contributed by atoms with Crippen LogP contribution in [0.5, 0.6) is 11.5 Å². The molecule has 2 unspecified atom stereocenters. The number of nitrogens with one attached hydrogen (secondary N) is 1. The Bertz CT molecular complexity index is 1210. The SMILES string of the molecule is COc1ccc2c3c1OC1c4nc5ccccc5cc4CC4(O)[C@@H](C2)NCC[C@]314. The van der Waals surface area contributed by atoms with Gasteiger partial charge in [0.2, 0.25) is 0 Å². The molecule has 2 bridgehead atoms. The third-order valence-corrected chi connectivity index (χ3v) is 7.78. The first-order valence-electron chi connectivity index (χ1n) is 10.4. The first-order chi connectivity index (χ1) is 14.2. The van der Waals surface area contributed by atoms with Crippen molar-refractivity contribution in [1.29, 1.82) is 0 Å². The molecule has 2 aromatic carbocycles. The van der Waals surface area contributed by atoms with E-state index in [2.05, 4.69) is 23.5 Å². The van der Waals surface area contributed by atoms with Gasteiger partial charge in [-0.25, -0.2) is 4.98 Å². The normalized spacial score (nSPS) is 33.0. The molecule has 2 aliphatic carbocycles. The number of benzene rings is 2. The molecule has 0 radical (unpaired) electrons. The van der Waals surface area contributed by atoms with Crippen molar-refractivity contribution >= 4 is 10.9 Å². The number of hydrogen-bond acceptors (Lipinski definition) is 5. The second-order valence-electron chi connectivity index (χ2n) is 8.89. The van der Waals surface area contributed by atoms with Crippen LogP contribution in [0, 0.1) is 0 Å². The molecular formula is C24H22N2O3. The van der Waals surface area contributed by atoms with Crippen LogP contribution < -0.4 is 14.8 Å². The zero-order valence-corrected chi connectivity index (χ0v) is 16.2. The monoisotopic (exact) mass is 386 g/mol. The molecule has 5 nitrogen and oxygen atoms in total. The molecule has 1 aromatic heterocycles. The molecule has 29 heavy (non-hydrogen) atoms. The number of hydrogen-bond donors (Lipinski definition) is 2. The van der Waals surface area contributed by atoms with Crippen LogP contribution in [0.1, 0.15) is 34.9 Å². The van der Waals surface area contributed by atoms with E-state index in [0.29, 0.717) is 6.42 Å². The van der Waals surface area contributed by atoms with Gasteiger partial charge in [0.05, 0.1) is 29.3 Å².